The zero-order chi connectivity index (χ0) is 14.2. The fourth-order valence-corrected chi connectivity index (χ4v) is 5.07. The van der Waals surface area contributed by atoms with Crippen LogP contribution in [0.4, 0.5) is 0 Å². The van der Waals surface area contributed by atoms with Gasteiger partial charge in [-0.15, -0.1) is 11.3 Å². The molecular weight excluding hydrogens is 286 g/mol. The molecule has 1 aromatic rings. The number of sulfonamides is 1. The summed E-state index contributed by atoms with van der Waals surface area (Å²) in [5.41, 5.74) is 0.484. The van der Waals surface area contributed by atoms with Gasteiger partial charge in [-0.2, -0.15) is 0 Å². The van der Waals surface area contributed by atoms with Crippen molar-refractivity contribution in [1.29, 1.82) is 0 Å². The van der Waals surface area contributed by atoms with Crippen LogP contribution in [0.25, 0.3) is 0 Å². The Bertz CT molecular complexity index is 591. The van der Waals surface area contributed by atoms with Crippen LogP contribution >= 0.6 is 11.3 Å². The van der Waals surface area contributed by atoms with Crippen molar-refractivity contribution in [3.8, 4) is 0 Å². The molecule has 106 valence electrons. The van der Waals surface area contributed by atoms with Crippen molar-refractivity contribution in [3.63, 3.8) is 0 Å². The molecule has 0 amide bonds. The topological polar surface area (TPSA) is 83.5 Å². The number of aryl methyl sites for hydroxylation is 1. The Hall–Kier alpha value is -0.920. The van der Waals surface area contributed by atoms with E-state index in [1.54, 1.807) is 6.92 Å². The van der Waals surface area contributed by atoms with Crippen LogP contribution in [0.15, 0.2) is 10.3 Å². The summed E-state index contributed by atoms with van der Waals surface area (Å²) in [7, 11) is -3.60. The number of carbonyl (C=O) groups is 1. The first-order chi connectivity index (χ1) is 8.79. The normalized spacial score (nSPS) is 23.7. The van der Waals surface area contributed by atoms with Gasteiger partial charge in [0.2, 0.25) is 10.0 Å². The Labute approximate surface area is 116 Å². The zero-order valence-electron chi connectivity index (χ0n) is 10.8. The van der Waals surface area contributed by atoms with Gasteiger partial charge >= 0.3 is 5.97 Å². The van der Waals surface area contributed by atoms with Crippen LogP contribution in [0.2, 0.25) is 0 Å². The fourth-order valence-electron chi connectivity index (χ4n) is 2.39. The van der Waals surface area contributed by atoms with Gasteiger partial charge in [0.1, 0.15) is 9.09 Å². The maximum atomic E-state index is 12.2. The smallest absolute Gasteiger partial charge is 0.346 e. The standard InChI is InChI=1S/C12H17NO4S2/c1-7-3-4-9(5-7)13-19(16,17)10-6-8(2)11(18-10)12(14)15/h6-7,9,13H,3-5H2,1-2H3,(H,14,15). The van der Waals surface area contributed by atoms with Crippen molar-refractivity contribution in [2.75, 3.05) is 0 Å². The lowest BCUT2D eigenvalue weighted by Gasteiger charge is -2.11. The highest BCUT2D eigenvalue weighted by Gasteiger charge is 2.28. The molecule has 0 bridgehead atoms. The first-order valence-corrected chi connectivity index (χ1v) is 8.45. The highest BCUT2D eigenvalue weighted by molar-refractivity contribution is 7.91. The summed E-state index contributed by atoms with van der Waals surface area (Å²) in [6.45, 7) is 3.71. The first kappa shape index (κ1) is 14.5. The van der Waals surface area contributed by atoms with E-state index in [0.717, 1.165) is 30.6 Å². The summed E-state index contributed by atoms with van der Waals surface area (Å²) in [5.74, 6) is -0.550. The Morgan fingerprint density at radius 1 is 1.47 bits per heavy atom. The highest BCUT2D eigenvalue weighted by atomic mass is 32.2. The number of aromatic carboxylic acids is 1. The van der Waals surface area contributed by atoms with Crippen LogP contribution in [0.5, 0.6) is 0 Å². The third-order valence-corrected chi connectivity index (χ3v) is 6.59. The quantitative estimate of drug-likeness (QED) is 0.893. The molecular formula is C12H17NO4S2. The van der Waals surface area contributed by atoms with E-state index in [-0.39, 0.29) is 15.1 Å². The second-order valence-electron chi connectivity index (χ2n) is 5.12. The van der Waals surface area contributed by atoms with Crippen LogP contribution in [-0.2, 0) is 10.0 Å². The summed E-state index contributed by atoms with van der Waals surface area (Å²) in [4.78, 5) is 11.0. The molecule has 2 rings (SSSR count). The Morgan fingerprint density at radius 2 is 2.16 bits per heavy atom. The molecule has 1 saturated carbocycles. The first-order valence-electron chi connectivity index (χ1n) is 6.15. The number of hydrogen-bond acceptors (Lipinski definition) is 4. The van der Waals surface area contributed by atoms with Crippen molar-refractivity contribution in [3.05, 3.63) is 16.5 Å². The molecule has 0 aliphatic heterocycles. The van der Waals surface area contributed by atoms with E-state index < -0.39 is 16.0 Å². The lowest BCUT2D eigenvalue weighted by molar-refractivity contribution is 0.0701. The average Bonchev–Trinajstić information content (AvgIpc) is 2.84. The van der Waals surface area contributed by atoms with Crippen molar-refractivity contribution < 1.29 is 18.3 Å². The maximum Gasteiger partial charge on any atom is 0.346 e. The highest BCUT2D eigenvalue weighted by Crippen LogP contribution is 2.29. The Kier molecular flexibility index (Phi) is 3.98. The minimum atomic E-state index is -3.60. The van der Waals surface area contributed by atoms with Crippen molar-refractivity contribution in [1.82, 2.24) is 4.72 Å². The Morgan fingerprint density at radius 3 is 2.63 bits per heavy atom. The lowest BCUT2D eigenvalue weighted by atomic mass is 10.1. The van der Waals surface area contributed by atoms with E-state index in [4.69, 9.17) is 5.11 Å². The molecule has 19 heavy (non-hydrogen) atoms. The third kappa shape index (κ3) is 3.16. The van der Waals surface area contributed by atoms with Crippen molar-refractivity contribution in [2.24, 2.45) is 5.92 Å². The molecule has 1 aliphatic carbocycles. The minimum Gasteiger partial charge on any atom is -0.477 e. The van der Waals surface area contributed by atoms with Gasteiger partial charge in [0.15, 0.2) is 0 Å². The molecule has 0 saturated heterocycles. The van der Waals surface area contributed by atoms with Crippen molar-refractivity contribution in [2.45, 2.75) is 43.4 Å². The molecule has 0 aromatic carbocycles. The molecule has 2 N–H and O–H groups in total. The van der Waals surface area contributed by atoms with Gasteiger partial charge in [-0.3, -0.25) is 0 Å². The number of rotatable bonds is 4. The second-order valence-corrected chi connectivity index (χ2v) is 8.11. The molecule has 0 radical (unpaired) electrons. The molecule has 2 unspecified atom stereocenters. The van der Waals surface area contributed by atoms with Gasteiger partial charge in [0.05, 0.1) is 0 Å². The van der Waals surface area contributed by atoms with Gasteiger partial charge in [0.25, 0.3) is 0 Å². The van der Waals surface area contributed by atoms with Crippen molar-refractivity contribution >= 4 is 27.3 Å². The number of carboxylic acids is 1. The number of nitrogens with one attached hydrogen (secondary N) is 1. The minimum absolute atomic E-state index is 0.0318. The van der Waals surface area contributed by atoms with E-state index in [2.05, 4.69) is 11.6 Å². The molecule has 1 heterocycles. The van der Waals surface area contributed by atoms with E-state index >= 15 is 0 Å². The average molecular weight is 303 g/mol. The van der Waals surface area contributed by atoms with Gasteiger partial charge in [-0.1, -0.05) is 6.92 Å². The number of carboxylic acid groups (broad SMARTS) is 1. The van der Waals surface area contributed by atoms with Gasteiger partial charge in [-0.05, 0) is 43.7 Å². The second kappa shape index (κ2) is 5.22. The third-order valence-electron chi connectivity index (χ3n) is 3.37. The van der Waals surface area contributed by atoms with E-state index in [1.807, 2.05) is 0 Å². The summed E-state index contributed by atoms with van der Waals surface area (Å²) in [6, 6.07) is 1.39. The van der Waals surface area contributed by atoms with Crippen LogP contribution in [0, 0.1) is 12.8 Å². The summed E-state index contributed by atoms with van der Waals surface area (Å²) < 4.78 is 27.1. The summed E-state index contributed by atoms with van der Waals surface area (Å²) in [5, 5.41) is 8.96. The molecule has 5 nitrogen and oxygen atoms in total. The maximum absolute atomic E-state index is 12.2. The number of hydrogen-bond donors (Lipinski definition) is 2. The largest absolute Gasteiger partial charge is 0.477 e. The molecule has 0 spiro atoms. The summed E-state index contributed by atoms with van der Waals surface area (Å²) >= 11 is 0.809. The molecule has 2 atom stereocenters. The van der Waals surface area contributed by atoms with E-state index in [0.29, 0.717) is 11.5 Å². The predicted molar refractivity (Wildman–Crippen MR) is 73.1 cm³/mol. The van der Waals surface area contributed by atoms with Crippen LogP contribution < -0.4 is 4.72 Å². The lowest BCUT2D eigenvalue weighted by Crippen LogP contribution is -2.32. The van der Waals surface area contributed by atoms with Gasteiger partial charge in [0, 0.05) is 6.04 Å². The number of thiophene rings is 1. The van der Waals surface area contributed by atoms with Crippen LogP contribution in [-0.4, -0.2) is 25.5 Å². The predicted octanol–water partition coefficient (Wildman–Crippen LogP) is 2.22. The van der Waals surface area contributed by atoms with Crippen LogP contribution in [0.1, 0.15) is 41.4 Å². The zero-order valence-corrected chi connectivity index (χ0v) is 12.5. The van der Waals surface area contributed by atoms with Crippen LogP contribution in [0.3, 0.4) is 0 Å². The van der Waals surface area contributed by atoms with E-state index in [9.17, 15) is 13.2 Å². The van der Waals surface area contributed by atoms with Gasteiger partial charge in [-0.25, -0.2) is 17.9 Å². The molecule has 1 fully saturated rings. The Balaban J connectivity index is 2.20. The molecule has 1 aromatic heterocycles. The molecule has 7 heteroatoms. The summed E-state index contributed by atoms with van der Waals surface area (Å²) in [6.07, 6.45) is 2.71. The SMILES string of the molecule is Cc1cc(S(=O)(=O)NC2CCC(C)C2)sc1C(=O)O. The molecule has 1 aliphatic rings. The monoisotopic (exact) mass is 303 g/mol. The van der Waals surface area contributed by atoms with E-state index in [1.165, 1.54) is 6.07 Å². The van der Waals surface area contributed by atoms with Gasteiger partial charge < -0.3 is 5.11 Å². The fraction of sp³-hybridized carbons (Fsp3) is 0.583.